The third-order valence-corrected chi connectivity index (χ3v) is 21.7. The summed E-state index contributed by atoms with van der Waals surface area (Å²) in [4.78, 5) is 2.91. The standard InChI is InChI=1S/2C20H15S.C4H6.2ClH.Zr/c2*1-14-9-10-16-12-17(19-8-5-11-21-19)13-18(16)20(14)15-6-3-2-4-7-15;1-2-4-3-1;;;/h2*2-13H,1H3;1-3H2;2*1H;/q;;;;;+2/p-2. The summed E-state index contributed by atoms with van der Waals surface area (Å²) in [6, 6.07) is 41.4. The van der Waals surface area contributed by atoms with Gasteiger partial charge in [-0.2, -0.15) is 0 Å². The second-order valence-corrected chi connectivity index (χ2v) is 21.9. The molecule has 2 unspecified atom stereocenters. The summed E-state index contributed by atoms with van der Waals surface area (Å²) >= 11 is 1.29. The summed E-state index contributed by atoms with van der Waals surface area (Å²) in [5.74, 6) is 0. The molecule has 4 aromatic carbocycles. The van der Waals surface area contributed by atoms with Gasteiger partial charge in [0.25, 0.3) is 0 Å². The number of halogens is 2. The molecule has 0 nitrogen and oxygen atoms in total. The Kier molecular flexibility index (Phi) is 10.1. The quantitative estimate of drug-likeness (QED) is 0.178. The molecule has 3 aliphatic rings. The molecule has 2 atom stereocenters. The molecule has 2 heterocycles. The number of hydrogen-bond donors (Lipinski definition) is 0. The van der Waals surface area contributed by atoms with Crippen molar-refractivity contribution in [3.05, 3.63) is 163 Å². The zero-order valence-corrected chi connectivity index (χ0v) is 33.2. The summed E-state index contributed by atoms with van der Waals surface area (Å²) in [5.41, 5.74) is 17.5. The van der Waals surface area contributed by atoms with Gasteiger partial charge in [0.05, 0.1) is 0 Å². The summed E-state index contributed by atoms with van der Waals surface area (Å²) in [5, 5.41) is 4.55. The molecule has 0 N–H and O–H groups in total. The third kappa shape index (κ3) is 5.90. The van der Waals surface area contributed by atoms with Gasteiger partial charge in [0, 0.05) is 0 Å². The minimum Gasteiger partial charge on any atom is -1.00 e. The molecule has 2 aromatic heterocycles. The summed E-state index contributed by atoms with van der Waals surface area (Å²) < 4.78 is 2.92. The van der Waals surface area contributed by atoms with Gasteiger partial charge in [-0.3, -0.25) is 0 Å². The van der Waals surface area contributed by atoms with Crippen LogP contribution in [0.3, 0.4) is 0 Å². The van der Waals surface area contributed by atoms with Crippen LogP contribution in [0.5, 0.6) is 0 Å². The van der Waals surface area contributed by atoms with Crippen LogP contribution in [0.15, 0.2) is 120 Å². The fraction of sp³-hybridized carbons (Fsp3) is 0.159. The molecule has 5 heteroatoms. The van der Waals surface area contributed by atoms with Gasteiger partial charge in [0.15, 0.2) is 0 Å². The van der Waals surface area contributed by atoms with Gasteiger partial charge in [-0.1, -0.05) is 0 Å². The number of aryl methyl sites for hydroxylation is 2. The van der Waals surface area contributed by atoms with Crippen molar-refractivity contribution >= 4 is 49.2 Å². The first-order valence-electron chi connectivity index (χ1n) is 16.8. The van der Waals surface area contributed by atoms with E-state index in [4.69, 9.17) is 0 Å². The van der Waals surface area contributed by atoms with Crippen LogP contribution in [0.25, 0.3) is 45.6 Å². The number of thiophene rings is 2. The van der Waals surface area contributed by atoms with Gasteiger partial charge in [-0.25, -0.2) is 0 Å². The number of hydrogen-bond acceptors (Lipinski definition) is 2. The van der Waals surface area contributed by atoms with Crippen molar-refractivity contribution < 1.29 is 46.1 Å². The molecule has 0 bridgehead atoms. The third-order valence-electron chi connectivity index (χ3n) is 10.5. The molecule has 242 valence electrons. The minimum absolute atomic E-state index is 0. The monoisotopic (exact) mass is 788 g/mol. The first kappa shape index (κ1) is 34.5. The molecule has 0 amide bonds. The van der Waals surface area contributed by atoms with E-state index in [9.17, 15) is 0 Å². The van der Waals surface area contributed by atoms with Crippen molar-refractivity contribution in [2.24, 2.45) is 0 Å². The van der Waals surface area contributed by atoms with E-state index in [1.165, 1.54) is 73.5 Å². The van der Waals surface area contributed by atoms with E-state index in [-0.39, 0.29) is 24.8 Å². The van der Waals surface area contributed by atoms with E-state index in [1.807, 2.05) is 25.9 Å². The Hall–Kier alpha value is -2.91. The Balaban J connectivity index is 0.00000189. The fourth-order valence-electron chi connectivity index (χ4n) is 8.29. The van der Waals surface area contributed by atoms with Crippen LogP contribution in [0.4, 0.5) is 0 Å². The van der Waals surface area contributed by atoms with E-state index < -0.39 is 21.3 Å². The Morgan fingerprint density at radius 2 is 0.980 bits per heavy atom. The fourth-order valence-corrected chi connectivity index (χ4v) is 21.2. The molecule has 0 aliphatic heterocycles. The van der Waals surface area contributed by atoms with Crippen LogP contribution >= 0.6 is 22.7 Å². The van der Waals surface area contributed by atoms with E-state index in [1.54, 1.807) is 22.3 Å². The normalized spacial score (nSPS) is 17.0. The Morgan fingerprint density at radius 3 is 1.35 bits per heavy atom. The van der Waals surface area contributed by atoms with E-state index >= 15 is 0 Å². The van der Waals surface area contributed by atoms with E-state index in [2.05, 4.69) is 146 Å². The Bertz CT molecular complexity index is 2070. The van der Waals surface area contributed by atoms with Crippen molar-refractivity contribution in [2.75, 3.05) is 0 Å². The molecule has 49 heavy (non-hydrogen) atoms. The predicted molar refractivity (Wildman–Crippen MR) is 202 cm³/mol. The molecule has 0 spiro atoms. The average Bonchev–Trinajstić information content (AvgIpc) is 3.89. The van der Waals surface area contributed by atoms with Crippen LogP contribution in [0.2, 0.25) is 0 Å². The Labute approximate surface area is 318 Å². The van der Waals surface area contributed by atoms with Crippen LogP contribution in [0.1, 0.15) is 69.6 Å². The molecular formula is C44H36Cl2S2Zr. The molecule has 0 saturated heterocycles. The number of allylic oxidation sites excluding steroid dienone is 2. The zero-order chi connectivity index (χ0) is 31.5. The Morgan fingerprint density at radius 1 is 0.531 bits per heavy atom. The molecule has 9 rings (SSSR count). The topological polar surface area (TPSA) is 0 Å². The molecule has 6 aromatic rings. The van der Waals surface area contributed by atoms with Crippen LogP contribution in [-0.4, -0.2) is 3.21 Å². The molecule has 3 aliphatic carbocycles. The van der Waals surface area contributed by atoms with Crippen LogP contribution < -0.4 is 24.8 Å². The van der Waals surface area contributed by atoms with Crippen molar-refractivity contribution in [1.29, 1.82) is 0 Å². The summed E-state index contributed by atoms with van der Waals surface area (Å²) in [7, 11) is 0. The number of benzene rings is 4. The maximum atomic E-state index is 2.62. The van der Waals surface area contributed by atoms with Gasteiger partial charge in [0.2, 0.25) is 0 Å². The first-order chi connectivity index (χ1) is 23.2. The van der Waals surface area contributed by atoms with Crippen molar-refractivity contribution in [3.63, 3.8) is 0 Å². The van der Waals surface area contributed by atoms with Crippen LogP contribution in [-0.2, 0) is 21.3 Å². The molecule has 1 saturated carbocycles. The minimum atomic E-state index is -2.55. The summed E-state index contributed by atoms with van der Waals surface area (Å²) in [6.07, 6.45) is 9.22. The zero-order valence-electron chi connectivity index (χ0n) is 27.6. The van der Waals surface area contributed by atoms with Gasteiger partial charge < -0.3 is 24.8 Å². The van der Waals surface area contributed by atoms with E-state index in [0.29, 0.717) is 7.25 Å². The van der Waals surface area contributed by atoms with Crippen molar-refractivity contribution in [3.8, 4) is 22.3 Å². The molecular weight excluding hydrogens is 755 g/mol. The van der Waals surface area contributed by atoms with Gasteiger partial charge in [-0.15, -0.1) is 0 Å². The smallest absolute Gasteiger partial charge is 1.00 e. The second kappa shape index (κ2) is 14.4. The predicted octanol–water partition coefficient (Wildman–Crippen LogP) is 6.63. The van der Waals surface area contributed by atoms with Crippen molar-refractivity contribution in [2.45, 2.75) is 40.4 Å². The number of rotatable bonds is 6. The van der Waals surface area contributed by atoms with E-state index in [0.717, 1.165) is 0 Å². The maximum absolute atomic E-state index is 2.62. The second-order valence-electron chi connectivity index (χ2n) is 13.2. The van der Waals surface area contributed by atoms with Gasteiger partial charge in [-0.05, 0) is 0 Å². The number of fused-ring (bicyclic) bond motifs is 2. The van der Waals surface area contributed by atoms with Gasteiger partial charge in [0.1, 0.15) is 0 Å². The van der Waals surface area contributed by atoms with Gasteiger partial charge >= 0.3 is 296 Å². The largest absolute Gasteiger partial charge is 1.00 e. The molecule has 1 fully saturated rings. The summed E-state index contributed by atoms with van der Waals surface area (Å²) in [6.45, 7) is 4.60. The van der Waals surface area contributed by atoms with Crippen molar-refractivity contribution in [1.82, 2.24) is 0 Å². The first-order valence-corrected chi connectivity index (χ1v) is 22.6. The SMILES string of the molecule is Cc1ccc2c(c1-c1ccccc1)C=C(c1cccs1)[CH]2[Zr+2](=[C]1CCC1)[CH]1C(c2cccs2)=Cc2c1ccc(C)c2-c1ccccc1.[Cl-].[Cl-]. The maximum Gasteiger partial charge on any atom is -1.00 e. The average molecular weight is 791 g/mol. The molecule has 0 radical (unpaired) electrons. The van der Waals surface area contributed by atoms with Crippen LogP contribution in [0, 0.1) is 13.8 Å².